The summed E-state index contributed by atoms with van der Waals surface area (Å²) in [4.78, 5) is 29.0. The molecule has 0 radical (unpaired) electrons. The van der Waals surface area contributed by atoms with Gasteiger partial charge in [0.2, 0.25) is 0 Å². The molecule has 1 aliphatic rings. The van der Waals surface area contributed by atoms with Gasteiger partial charge in [-0.25, -0.2) is 4.79 Å². The first-order valence-electron chi connectivity index (χ1n) is 10.7. The van der Waals surface area contributed by atoms with Crippen LogP contribution in [-0.2, 0) is 16.6 Å². The molecule has 32 heavy (non-hydrogen) atoms. The van der Waals surface area contributed by atoms with Gasteiger partial charge in [0.1, 0.15) is 0 Å². The molecule has 0 spiro atoms. The Balaban J connectivity index is 1.48. The molecule has 4 rings (SSSR count). The molecule has 0 bridgehead atoms. The molecular weight excluding hydrogens is 428 g/mol. The third-order valence-corrected chi connectivity index (χ3v) is 6.37. The predicted molar refractivity (Wildman–Crippen MR) is 127 cm³/mol. The predicted octanol–water partition coefficient (Wildman–Crippen LogP) is 2.27. The number of hydrogen-bond acceptors (Lipinski definition) is 4. The number of anilines is 2. The average Bonchev–Trinajstić information content (AvgIpc) is 3.06. The minimum atomic E-state index is -0.471. The van der Waals surface area contributed by atoms with Crippen LogP contribution in [0.3, 0.4) is 0 Å². The van der Waals surface area contributed by atoms with Crippen LogP contribution in [0.1, 0.15) is 16.1 Å². The van der Waals surface area contributed by atoms with Gasteiger partial charge in [-0.05, 0) is 36.8 Å². The van der Waals surface area contributed by atoms with E-state index in [-0.39, 0.29) is 5.91 Å². The molecule has 1 aromatic heterocycles. The van der Waals surface area contributed by atoms with Gasteiger partial charge in [0.15, 0.2) is 12.2 Å². The fraction of sp³-hybridized carbons (Fsp3) is 0.333. The summed E-state index contributed by atoms with van der Waals surface area (Å²) in [7, 11) is 3.16. The van der Waals surface area contributed by atoms with E-state index < -0.39 is 5.97 Å². The standard InChI is InChI=1S/C24H27ClN4O3/c1-16-6-4-9-19-21(16)22(23(27(19)2)24(31)32-3)26-20(30)15-28-10-12-29(13-11-28)18-8-5-7-17(25)14-18/h4-9,14H,10-13,15H2,1-3H3,(H,26,30)/p+1. The van der Waals surface area contributed by atoms with Crippen molar-refractivity contribution in [2.75, 3.05) is 50.1 Å². The molecule has 0 atom stereocenters. The number of benzene rings is 2. The highest BCUT2D eigenvalue weighted by Gasteiger charge is 2.27. The molecule has 7 nitrogen and oxygen atoms in total. The van der Waals surface area contributed by atoms with Gasteiger partial charge in [-0.15, -0.1) is 0 Å². The van der Waals surface area contributed by atoms with Crippen molar-refractivity contribution < 1.29 is 19.2 Å². The van der Waals surface area contributed by atoms with Crippen LogP contribution < -0.4 is 15.1 Å². The van der Waals surface area contributed by atoms with Crippen LogP contribution in [0.2, 0.25) is 5.02 Å². The van der Waals surface area contributed by atoms with Gasteiger partial charge in [-0.2, -0.15) is 0 Å². The molecule has 0 saturated carbocycles. The number of halogens is 1. The number of hydrogen-bond donors (Lipinski definition) is 2. The number of piperazine rings is 1. The fourth-order valence-corrected chi connectivity index (χ4v) is 4.65. The van der Waals surface area contributed by atoms with E-state index in [1.165, 1.54) is 12.0 Å². The lowest BCUT2D eigenvalue weighted by molar-refractivity contribution is -0.892. The van der Waals surface area contributed by atoms with Crippen LogP contribution in [0.5, 0.6) is 0 Å². The molecule has 2 aromatic carbocycles. The molecule has 8 heteroatoms. The second kappa shape index (κ2) is 9.22. The first-order chi connectivity index (χ1) is 15.4. The van der Waals surface area contributed by atoms with Crippen molar-refractivity contribution >= 4 is 45.8 Å². The molecule has 2 N–H and O–H groups in total. The van der Waals surface area contributed by atoms with Crippen molar-refractivity contribution in [2.45, 2.75) is 6.92 Å². The SMILES string of the molecule is COC(=O)c1c(NC(=O)C[NH+]2CCN(c3cccc(Cl)c3)CC2)c2c(C)cccc2n1C. The Kier molecular flexibility index (Phi) is 6.39. The van der Waals surface area contributed by atoms with Gasteiger partial charge in [-0.1, -0.05) is 29.8 Å². The molecule has 1 amide bonds. The van der Waals surface area contributed by atoms with Crippen LogP contribution in [-0.4, -0.2) is 56.3 Å². The van der Waals surface area contributed by atoms with E-state index in [2.05, 4.69) is 16.3 Å². The molecule has 0 aliphatic carbocycles. The normalized spacial score (nSPS) is 14.6. The molecule has 3 aromatic rings. The first-order valence-corrected chi connectivity index (χ1v) is 11.1. The zero-order chi connectivity index (χ0) is 22.8. The number of methoxy groups -OCH3 is 1. The number of quaternary nitrogens is 1. The van der Waals surface area contributed by atoms with Gasteiger partial charge in [-0.3, -0.25) is 4.79 Å². The largest absolute Gasteiger partial charge is 0.464 e. The molecule has 0 unspecified atom stereocenters. The Morgan fingerprint density at radius 3 is 2.56 bits per heavy atom. The lowest BCUT2D eigenvalue weighted by Crippen LogP contribution is -3.15. The minimum absolute atomic E-state index is 0.114. The highest BCUT2D eigenvalue weighted by atomic mass is 35.5. The molecule has 1 aliphatic heterocycles. The first kappa shape index (κ1) is 22.2. The van der Waals surface area contributed by atoms with Crippen LogP contribution in [0.25, 0.3) is 10.9 Å². The fourth-order valence-electron chi connectivity index (χ4n) is 4.46. The van der Waals surface area contributed by atoms with E-state index in [1.54, 1.807) is 4.57 Å². The van der Waals surface area contributed by atoms with Gasteiger partial charge < -0.3 is 24.4 Å². The monoisotopic (exact) mass is 455 g/mol. The summed E-state index contributed by atoms with van der Waals surface area (Å²) >= 11 is 6.12. The molecule has 2 heterocycles. The summed E-state index contributed by atoms with van der Waals surface area (Å²) in [6, 6.07) is 13.7. The van der Waals surface area contributed by atoms with E-state index in [4.69, 9.17) is 16.3 Å². The lowest BCUT2D eigenvalue weighted by atomic mass is 10.1. The second-order valence-corrected chi connectivity index (χ2v) is 8.62. The molecule has 1 saturated heterocycles. The number of fused-ring (bicyclic) bond motifs is 1. The summed E-state index contributed by atoms with van der Waals surface area (Å²) in [6.07, 6.45) is 0. The number of aromatic nitrogens is 1. The second-order valence-electron chi connectivity index (χ2n) is 8.19. The Hall–Kier alpha value is -3.03. The summed E-state index contributed by atoms with van der Waals surface area (Å²) in [6.45, 7) is 5.70. The number of carbonyl (C=O) groups is 2. The Morgan fingerprint density at radius 1 is 1.16 bits per heavy atom. The summed E-state index contributed by atoms with van der Waals surface area (Å²) in [5.41, 5.74) is 3.85. The van der Waals surface area contributed by atoms with E-state index in [1.807, 2.05) is 50.4 Å². The van der Waals surface area contributed by atoms with Gasteiger partial charge in [0, 0.05) is 23.1 Å². The Morgan fingerprint density at radius 2 is 1.88 bits per heavy atom. The minimum Gasteiger partial charge on any atom is -0.464 e. The molecule has 1 fully saturated rings. The highest BCUT2D eigenvalue weighted by molar-refractivity contribution is 6.30. The number of ether oxygens (including phenoxy) is 1. The van der Waals surface area contributed by atoms with Gasteiger partial charge >= 0.3 is 5.97 Å². The summed E-state index contributed by atoms with van der Waals surface area (Å²) in [5.74, 6) is -0.585. The average molecular weight is 456 g/mol. The highest BCUT2D eigenvalue weighted by Crippen LogP contribution is 2.33. The van der Waals surface area contributed by atoms with Crippen molar-refractivity contribution in [3.63, 3.8) is 0 Å². The van der Waals surface area contributed by atoms with Crippen LogP contribution in [0.4, 0.5) is 11.4 Å². The molecular formula is C24H28ClN4O3+. The third kappa shape index (κ3) is 4.31. The van der Waals surface area contributed by atoms with Crippen molar-refractivity contribution in [2.24, 2.45) is 7.05 Å². The summed E-state index contributed by atoms with van der Waals surface area (Å²) in [5, 5.41) is 4.61. The maximum atomic E-state index is 13.0. The maximum absolute atomic E-state index is 13.0. The zero-order valence-corrected chi connectivity index (χ0v) is 19.3. The van der Waals surface area contributed by atoms with Crippen LogP contribution >= 0.6 is 11.6 Å². The molecule has 168 valence electrons. The lowest BCUT2D eigenvalue weighted by Gasteiger charge is -2.33. The van der Waals surface area contributed by atoms with Gasteiger partial charge in [0.25, 0.3) is 5.91 Å². The third-order valence-electron chi connectivity index (χ3n) is 6.13. The topological polar surface area (TPSA) is 68.0 Å². The number of amides is 1. The zero-order valence-electron chi connectivity index (χ0n) is 18.6. The maximum Gasteiger partial charge on any atom is 0.356 e. The van der Waals surface area contributed by atoms with Crippen molar-refractivity contribution in [3.8, 4) is 0 Å². The Bertz CT molecular complexity index is 1170. The van der Waals surface area contributed by atoms with E-state index >= 15 is 0 Å². The number of rotatable bonds is 5. The van der Waals surface area contributed by atoms with Crippen LogP contribution in [0, 0.1) is 6.92 Å². The number of esters is 1. The number of nitrogens with one attached hydrogen (secondary N) is 2. The smallest absolute Gasteiger partial charge is 0.356 e. The number of carbonyl (C=O) groups excluding carboxylic acids is 2. The Labute approximate surface area is 192 Å². The van der Waals surface area contributed by atoms with Crippen molar-refractivity contribution in [1.29, 1.82) is 0 Å². The van der Waals surface area contributed by atoms with Gasteiger partial charge in [0.05, 0.1) is 44.5 Å². The van der Waals surface area contributed by atoms with Crippen molar-refractivity contribution in [3.05, 3.63) is 58.7 Å². The number of nitrogens with zero attached hydrogens (tertiary/aromatic N) is 2. The number of aryl methyl sites for hydroxylation is 2. The van der Waals surface area contributed by atoms with E-state index in [0.29, 0.717) is 17.9 Å². The van der Waals surface area contributed by atoms with Crippen molar-refractivity contribution in [1.82, 2.24) is 4.57 Å². The van der Waals surface area contributed by atoms with E-state index in [0.717, 1.165) is 53.4 Å². The summed E-state index contributed by atoms with van der Waals surface area (Å²) < 4.78 is 6.77. The van der Waals surface area contributed by atoms with Crippen LogP contribution in [0.15, 0.2) is 42.5 Å². The van der Waals surface area contributed by atoms with E-state index in [9.17, 15) is 9.59 Å². The quantitative estimate of drug-likeness (QED) is 0.579.